The summed E-state index contributed by atoms with van der Waals surface area (Å²) in [5, 5.41) is 16.5. The zero-order chi connectivity index (χ0) is 13.1. The Morgan fingerprint density at radius 1 is 1.39 bits per heavy atom. The average Bonchev–Trinajstić information content (AvgIpc) is 2.69. The van der Waals surface area contributed by atoms with E-state index in [0.717, 1.165) is 22.5 Å². The van der Waals surface area contributed by atoms with Crippen molar-refractivity contribution in [3.8, 4) is 11.1 Å². The molecule has 0 aliphatic heterocycles. The minimum absolute atomic E-state index is 0.0743. The molecule has 94 valence electrons. The molecule has 0 amide bonds. The number of hydrogen-bond donors (Lipinski definition) is 2. The van der Waals surface area contributed by atoms with Crippen molar-refractivity contribution in [3.05, 3.63) is 40.7 Å². The standard InChI is InChI=1S/C13H13ClN2O2/c1-8-13(9-2-4-10(14)5-3-9)11(16-15-8)6-7-12(17)18/h2-5H,6-7H2,1H3,(H,15,16)(H,17,18). The highest BCUT2D eigenvalue weighted by molar-refractivity contribution is 6.30. The maximum atomic E-state index is 10.6. The van der Waals surface area contributed by atoms with Crippen molar-refractivity contribution in [2.75, 3.05) is 0 Å². The topological polar surface area (TPSA) is 66.0 Å². The van der Waals surface area contributed by atoms with E-state index in [-0.39, 0.29) is 6.42 Å². The largest absolute Gasteiger partial charge is 0.481 e. The molecule has 0 aliphatic rings. The van der Waals surface area contributed by atoms with Gasteiger partial charge in [0.25, 0.3) is 0 Å². The second-order valence-corrected chi connectivity index (χ2v) is 4.51. The Hall–Kier alpha value is -1.81. The van der Waals surface area contributed by atoms with Crippen molar-refractivity contribution in [1.82, 2.24) is 10.2 Å². The zero-order valence-electron chi connectivity index (χ0n) is 9.90. The molecule has 0 saturated heterocycles. The van der Waals surface area contributed by atoms with Crippen molar-refractivity contribution >= 4 is 17.6 Å². The second-order valence-electron chi connectivity index (χ2n) is 4.07. The summed E-state index contributed by atoms with van der Waals surface area (Å²) in [5.74, 6) is -0.822. The SMILES string of the molecule is Cc1[nH]nc(CCC(=O)O)c1-c1ccc(Cl)cc1. The van der Waals surface area contributed by atoms with Crippen LogP contribution in [0.2, 0.25) is 5.02 Å². The van der Waals surface area contributed by atoms with Crippen LogP contribution in [-0.4, -0.2) is 21.3 Å². The molecule has 0 unspecified atom stereocenters. The van der Waals surface area contributed by atoms with Crippen LogP contribution < -0.4 is 0 Å². The molecule has 18 heavy (non-hydrogen) atoms. The van der Waals surface area contributed by atoms with Gasteiger partial charge in [0.2, 0.25) is 0 Å². The number of nitrogens with one attached hydrogen (secondary N) is 1. The van der Waals surface area contributed by atoms with E-state index < -0.39 is 5.97 Å². The summed E-state index contributed by atoms with van der Waals surface area (Å²) in [4.78, 5) is 10.6. The highest BCUT2D eigenvalue weighted by atomic mass is 35.5. The molecule has 1 aromatic carbocycles. The lowest BCUT2D eigenvalue weighted by Crippen LogP contribution is -1.99. The van der Waals surface area contributed by atoms with Crippen LogP contribution in [0.4, 0.5) is 0 Å². The molecular weight excluding hydrogens is 252 g/mol. The number of aromatic nitrogens is 2. The van der Waals surface area contributed by atoms with Gasteiger partial charge < -0.3 is 5.11 Å². The normalized spacial score (nSPS) is 10.6. The van der Waals surface area contributed by atoms with E-state index in [1.165, 1.54) is 0 Å². The molecule has 0 bridgehead atoms. The second kappa shape index (κ2) is 5.23. The smallest absolute Gasteiger partial charge is 0.303 e. The molecule has 0 atom stereocenters. The molecule has 1 aromatic heterocycles. The van der Waals surface area contributed by atoms with E-state index in [1.54, 1.807) is 0 Å². The molecular formula is C13H13ClN2O2. The summed E-state index contributed by atoms with van der Waals surface area (Å²) >= 11 is 5.85. The number of aryl methyl sites for hydroxylation is 2. The van der Waals surface area contributed by atoms with Crippen LogP contribution in [0.15, 0.2) is 24.3 Å². The fourth-order valence-corrected chi connectivity index (χ4v) is 2.01. The van der Waals surface area contributed by atoms with Gasteiger partial charge >= 0.3 is 5.97 Å². The van der Waals surface area contributed by atoms with Crippen LogP contribution in [0.3, 0.4) is 0 Å². The van der Waals surface area contributed by atoms with E-state index in [4.69, 9.17) is 16.7 Å². The number of carbonyl (C=O) groups is 1. The Balaban J connectivity index is 2.34. The van der Waals surface area contributed by atoms with Crippen LogP contribution in [0, 0.1) is 6.92 Å². The highest BCUT2D eigenvalue weighted by Crippen LogP contribution is 2.27. The number of carboxylic acid groups (broad SMARTS) is 1. The Morgan fingerprint density at radius 2 is 2.06 bits per heavy atom. The van der Waals surface area contributed by atoms with Crippen LogP contribution >= 0.6 is 11.6 Å². The van der Waals surface area contributed by atoms with Gasteiger partial charge in [0.1, 0.15) is 0 Å². The van der Waals surface area contributed by atoms with Gasteiger partial charge in [0.05, 0.1) is 12.1 Å². The Morgan fingerprint density at radius 3 is 2.67 bits per heavy atom. The number of H-pyrrole nitrogens is 1. The summed E-state index contributed by atoms with van der Waals surface area (Å²) in [6.45, 7) is 1.92. The summed E-state index contributed by atoms with van der Waals surface area (Å²) < 4.78 is 0. The van der Waals surface area contributed by atoms with Gasteiger partial charge in [0.15, 0.2) is 0 Å². The van der Waals surface area contributed by atoms with Gasteiger partial charge in [-0.1, -0.05) is 23.7 Å². The number of carboxylic acids is 1. The van der Waals surface area contributed by atoms with Gasteiger partial charge in [-0.05, 0) is 24.6 Å². The number of hydrogen-bond acceptors (Lipinski definition) is 2. The van der Waals surface area contributed by atoms with Crippen molar-refractivity contribution in [2.24, 2.45) is 0 Å². The molecule has 0 saturated carbocycles. The first-order chi connectivity index (χ1) is 8.58. The van der Waals surface area contributed by atoms with Gasteiger partial charge in [-0.3, -0.25) is 9.89 Å². The van der Waals surface area contributed by atoms with E-state index in [9.17, 15) is 4.79 Å². The molecule has 0 aliphatic carbocycles. The molecule has 4 nitrogen and oxygen atoms in total. The third kappa shape index (κ3) is 2.71. The first-order valence-corrected chi connectivity index (χ1v) is 5.97. The van der Waals surface area contributed by atoms with E-state index in [1.807, 2.05) is 31.2 Å². The van der Waals surface area contributed by atoms with Crippen molar-refractivity contribution in [1.29, 1.82) is 0 Å². The molecule has 1 heterocycles. The van der Waals surface area contributed by atoms with Crippen LogP contribution in [0.5, 0.6) is 0 Å². The summed E-state index contributed by atoms with van der Waals surface area (Å²) in [6.07, 6.45) is 0.489. The fraction of sp³-hybridized carbons (Fsp3) is 0.231. The lowest BCUT2D eigenvalue weighted by atomic mass is 10.0. The zero-order valence-corrected chi connectivity index (χ0v) is 10.7. The number of benzene rings is 1. The third-order valence-electron chi connectivity index (χ3n) is 2.73. The first kappa shape index (κ1) is 12.6. The maximum Gasteiger partial charge on any atom is 0.303 e. The van der Waals surface area contributed by atoms with Gasteiger partial charge in [-0.25, -0.2) is 0 Å². The average molecular weight is 265 g/mol. The van der Waals surface area contributed by atoms with E-state index in [2.05, 4.69) is 10.2 Å². The number of aliphatic carboxylic acids is 1. The number of aromatic amines is 1. The summed E-state index contributed by atoms with van der Waals surface area (Å²) in [7, 11) is 0. The highest BCUT2D eigenvalue weighted by Gasteiger charge is 2.13. The Labute approximate surface area is 110 Å². The molecule has 2 N–H and O–H groups in total. The van der Waals surface area contributed by atoms with Crippen LogP contribution in [-0.2, 0) is 11.2 Å². The van der Waals surface area contributed by atoms with Crippen LogP contribution in [0.1, 0.15) is 17.8 Å². The lowest BCUT2D eigenvalue weighted by Gasteiger charge is -2.03. The monoisotopic (exact) mass is 264 g/mol. The Kier molecular flexibility index (Phi) is 3.67. The molecule has 0 spiro atoms. The summed E-state index contributed by atoms with van der Waals surface area (Å²) in [6, 6.07) is 7.43. The number of halogens is 1. The Bertz CT molecular complexity index is 561. The third-order valence-corrected chi connectivity index (χ3v) is 2.98. The van der Waals surface area contributed by atoms with Crippen molar-refractivity contribution < 1.29 is 9.90 Å². The van der Waals surface area contributed by atoms with E-state index >= 15 is 0 Å². The van der Waals surface area contributed by atoms with Gasteiger partial charge in [-0.2, -0.15) is 5.10 Å². The summed E-state index contributed by atoms with van der Waals surface area (Å²) in [5.41, 5.74) is 3.66. The van der Waals surface area contributed by atoms with Crippen LogP contribution in [0.25, 0.3) is 11.1 Å². The minimum Gasteiger partial charge on any atom is -0.481 e. The van der Waals surface area contributed by atoms with E-state index in [0.29, 0.717) is 11.4 Å². The minimum atomic E-state index is -0.822. The van der Waals surface area contributed by atoms with Gasteiger partial charge in [0, 0.05) is 22.7 Å². The predicted octanol–water partition coefficient (Wildman–Crippen LogP) is 3.06. The molecule has 0 fully saturated rings. The molecule has 2 aromatic rings. The lowest BCUT2D eigenvalue weighted by molar-refractivity contribution is -0.136. The van der Waals surface area contributed by atoms with Crippen molar-refractivity contribution in [2.45, 2.75) is 19.8 Å². The van der Waals surface area contributed by atoms with Gasteiger partial charge in [-0.15, -0.1) is 0 Å². The maximum absolute atomic E-state index is 10.6. The molecule has 2 rings (SSSR count). The van der Waals surface area contributed by atoms with Crippen molar-refractivity contribution in [3.63, 3.8) is 0 Å². The fourth-order valence-electron chi connectivity index (χ4n) is 1.89. The predicted molar refractivity (Wildman–Crippen MR) is 69.7 cm³/mol. The first-order valence-electron chi connectivity index (χ1n) is 5.59. The molecule has 5 heteroatoms. The number of rotatable bonds is 4. The molecule has 0 radical (unpaired) electrons. The number of nitrogens with zero attached hydrogens (tertiary/aromatic N) is 1. The quantitative estimate of drug-likeness (QED) is 0.892.